The van der Waals surface area contributed by atoms with Crippen LogP contribution in [0.2, 0.25) is 0 Å². The molecule has 3 nitrogen and oxygen atoms in total. The van der Waals surface area contributed by atoms with Crippen molar-refractivity contribution in [1.29, 1.82) is 0 Å². The minimum atomic E-state index is -0.430. The molecular weight excluding hydrogens is 391 g/mol. The SMILES string of the molecule is C=C(/C=C(/CCOC)C(=C)C(=C)/C(F)=C\C(=C)[C@@]1(C)C=CC(C)C1)OC.C=CC.C=O. The normalized spacial score (nSPS) is 19.9. The number of halogens is 1. The van der Waals surface area contributed by atoms with Crippen molar-refractivity contribution in [3.05, 3.63) is 97.2 Å². The molecule has 0 radical (unpaired) electrons. The van der Waals surface area contributed by atoms with Crippen molar-refractivity contribution in [2.24, 2.45) is 11.3 Å². The largest absolute Gasteiger partial charge is 0.497 e. The average molecular weight is 431 g/mol. The molecule has 4 heteroatoms. The van der Waals surface area contributed by atoms with Gasteiger partial charge in [0.05, 0.1) is 13.7 Å². The number of ether oxygens (including phenoxy) is 2. The Kier molecular flexibility index (Phi) is 15.8. The molecule has 0 aromatic rings. The number of carbonyl (C=O) groups is 1. The van der Waals surface area contributed by atoms with E-state index >= 15 is 0 Å². The van der Waals surface area contributed by atoms with Gasteiger partial charge in [-0.2, -0.15) is 0 Å². The monoisotopic (exact) mass is 430 g/mol. The molecule has 0 saturated heterocycles. The van der Waals surface area contributed by atoms with Crippen LogP contribution in [0.25, 0.3) is 0 Å². The quantitative estimate of drug-likeness (QED) is 0.208. The van der Waals surface area contributed by atoms with Gasteiger partial charge >= 0.3 is 0 Å². The fourth-order valence-corrected chi connectivity index (χ4v) is 2.94. The molecule has 0 N–H and O–H groups in total. The Bertz CT molecular complexity index is 740. The Morgan fingerprint density at radius 3 is 2.13 bits per heavy atom. The van der Waals surface area contributed by atoms with E-state index < -0.39 is 5.83 Å². The standard InChI is InChI=1S/C23H31FO2.C3H6.CH2O/c1-16-9-11-23(6,15-16)17(2)13-22(24)20(5)19(4)21(10-12-25-7)14-18(3)26-8;1-3-2;1-2/h9,11,13-14,16H,2-5,10,12,15H2,1,6-8H3;3H,1H2,2H3;1H2/b21-14-,22-13+;;/t16?,23-;;/m0../s1. The molecule has 0 aromatic heterocycles. The van der Waals surface area contributed by atoms with Crippen LogP contribution in [-0.2, 0) is 14.3 Å². The molecule has 0 saturated carbocycles. The molecular formula is C27H39FO3. The molecule has 2 atom stereocenters. The van der Waals surface area contributed by atoms with E-state index in [0.717, 1.165) is 17.6 Å². The molecule has 0 heterocycles. The number of methoxy groups -OCH3 is 2. The molecule has 1 aliphatic carbocycles. The van der Waals surface area contributed by atoms with E-state index in [1.807, 2.05) is 13.7 Å². The Hall–Kier alpha value is -2.72. The zero-order valence-corrected chi connectivity index (χ0v) is 19.9. The van der Waals surface area contributed by atoms with E-state index in [9.17, 15) is 4.39 Å². The fraction of sp³-hybridized carbons (Fsp3) is 0.370. The van der Waals surface area contributed by atoms with Crippen LogP contribution in [0, 0.1) is 11.3 Å². The Morgan fingerprint density at radius 1 is 1.16 bits per heavy atom. The summed E-state index contributed by atoms with van der Waals surface area (Å²) >= 11 is 0. The van der Waals surface area contributed by atoms with E-state index in [-0.39, 0.29) is 11.0 Å². The molecule has 1 aliphatic rings. The van der Waals surface area contributed by atoms with Crippen molar-refractivity contribution in [2.45, 2.75) is 33.6 Å². The van der Waals surface area contributed by atoms with Gasteiger partial charge in [-0.1, -0.05) is 58.4 Å². The molecule has 0 aliphatic heterocycles. The van der Waals surface area contributed by atoms with Gasteiger partial charge in [-0.25, -0.2) is 4.39 Å². The van der Waals surface area contributed by atoms with E-state index in [4.69, 9.17) is 14.3 Å². The highest BCUT2D eigenvalue weighted by molar-refractivity contribution is 5.54. The molecule has 0 spiro atoms. The van der Waals surface area contributed by atoms with Gasteiger partial charge in [0.25, 0.3) is 0 Å². The number of carbonyl (C=O) groups excluding carboxylic acids is 1. The summed E-state index contributed by atoms with van der Waals surface area (Å²) in [5.41, 5.74) is 2.02. The third-order valence-corrected chi connectivity index (χ3v) is 4.79. The highest BCUT2D eigenvalue weighted by Crippen LogP contribution is 2.42. The second-order valence-electron chi connectivity index (χ2n) is 7.42. The maximum absolute atomic E-state index is 14.8. The molecule has 1 unspecified atom stereocenters. The van der Waals surface area contributed by atoms with Crippen LogP contribution in [0.1, 0.15) is 33.6 Å². The summed E-state index contributed by atoms with van der Waals surface area (Å²) in [4.78, 5) is 8.00. The lowest BCUT2D eigenvalue weighted by atomic mass is 9.80. The van der Waals surface area contributed by atoms with Gasteiger partial charge in [-0.3, -0.25) is 0 Å². The maximum Gasteiger partial charge on any atom is 0.130 e. The molecule has 0 aromatic carbocycles. The second kappa shape index (κ2) is 16.0. The molecule has 0 fully saturated rings. The van der Waals surface area contributed by atoms with E-state index in [0.29, 0.717) is 30.3 Å². The first-order valence-corrected chi connectivity index (χ1v) is 9.99. The fourth-order valence-electron chi connectivity index (χ4n) is 2.94. The summed E-state index contributed by atoms with van der Waals surface area (Å²) in [5.74, 6) is 0.506. The Morgan fingerprint density at radius 2 is 1.71 bits per heavy atom. The number of hydrogen-bond donors (Lipinski definition) is 0. The highest BCUT2D eigenvalue weighted by atomic mass is 19.1. The summed E-state index contributed by atoms with van der Waals surface area (Å²) in [6.45, 7) is 27.7. The van der Waals surface area contributed by atoms with Gasteiger partial charge in [0, 0.05) is 18.1 Å². The Balaban J connectivity index is 0. The summed E-state index contributed by atoms with van der Waals surface area (Å²) in [7, 11) is 3.15. The molecule has 1 rings (SSSR count). The van der Waals surface area contributed by atoms with Crippen molar-refractivity contribution < 1.29 is 18.7 Å². The van der Waals surface area contributed by atoms with Crippen molar-refractivity contribution in [2.75, 3.05) is 20.8 Å². The lowest BCUT2D eigenvalue weighted by Crippen LogP contribution is -2.13. The third kappa shape index (κ3) is 10.7. The predicted molar refractivity (Wildman–Crippen MR) is 131 cm³/mol. The van der Waals surface area contributed by atoms with Gasteiger partial charge in [0.2, 0.25) is 0 Å². The second-order valence-corrected chi connectivity index (χ2v) is 7.42. The first kappa shape index (κ1) is 30.5. The minimum Gasteiger partial charge on any atom is -0.497 e. The van der Waals surface area contributed by atoms with Crippen LogP contribution in [0.3, 0.4) is 0 Å². The first-order valence-electron chi connectivity index (χ1n) is 9.99. The minimum absolute atomic E-state index is 0.225. The van der Waals surface area contributed by atoms with E-state index in [1.54, 1.807) is 19.3 Å². The zero-order chi connectivity index (χ0) is 24.6. The van der Waals surface area contributed by atoms with E-state index in [1.165, 1.54) is 13.2 Å². The first-order chi connectivity index (χ1) is 14.6. The lowest BCUT2D eigenvalue weighted by Gasteiger charge is -2.24. The Labute approximate surface area is 188 Å². The molecule has 172 valence electrons. The molecule has 0 amide bonds. The maximum atomic E-state index is 14.8. The third-order valence-electron chi connectivity index (χ3n) is 4.79. The van der Waals surface area contributed by atoms with Gasteiger partial charge in [0.15, 0.2) is 0 Å². The van der Waals surface area contributed by atoms with Crippen LogP contribution in [0.5, 0.6) is 0 Å². The lowest BCUT2D eigenvalue weighted by molar-refractivity contribution is -0.0979. The number of hydrogen-bond acceptors (Lipinski definition) is 3. The van der Waals surface area contributed by atoms with Crippen LogP contribution in [-0.4, -0.2) is 27.6 Å². The summed E-state index contributed by atoms with van der Waals surface area (Å²) < 4.78 is 25.0. The van der Waals surface area contributed by atoms with Crippen molar-refractivity contribution >= 4 is 6.79 Å². The van der Waals surface area contributed by atoms with Gasteiger partial charge in [-0.15, -0.1) is 6.58 Å². The van der Waals surface area contributed by atoms with Gasteiger partial charge < -0.3 is 14.3 Å². The van der Waals surface area contributed by atoms with Crippen molar-refractivity contribution in [3.63, 3.8) is 0 Å². The van der Waals surface area contributed by atoms with Crippen LogP contribution in [0.15, 0.2) is 97.2 Å². The van der Waals surface area contributed by atoms with E-state index in [2.05, 4.69) is 58.9 Å². The van der Waals surface area contributed by atoms with Crippen LogP contribution in [0.4, 0.5) is 4.39 Å². The topological polar surface area (TPSA) is 35.5 Å². The highest BCUT2D eigenvalue weighted by Gasteiger charge is 2.30. The average Bonchev–Trinajstić information content (AvgIpc) is 3.11. The van der Waals surface area contributed by atoms with Gasteiger partial charge in [0.1, 0.15) is 18.4 Å². The van der Waals surface area contributed by atoms with Crippen molar-refractivity contribution in [1.82, 2.24) is 0 Å². The smallest absolute Gasteiger partial charge is 0.130 e. The number of rotatable bonds is 10. The van der Waals surface area contributed by atoms with Gasteiger partial charge in [-0.05, 0) is 54.6 Å². The number of allylic oxidation sites excluding steroid dienone is 9. The summed E-state index contributed by atoms with van der Waals surface area (Å²) in [6.07, 6.45) is 10.7. The predicted octanol–water partition coefficient (Wildman–Crippen LogP) is 7.24. The van der Waals surface area contributed by atoms with Crippen LogP contribution < -0.4 is 0 Å². The summed E-state index contributed by atoms with van der Waals surface area (Å²) in [6, 6.07) is 0. The van der Waals surface area contributed by atoms with Crippen molar-refractivity contribution in [3.8, 4) is 0 Å². The molecule has 31 heavy (non-hydrogen) atoms. The van der Waals surface area contributed by atoms with Crippen LogP contribution >= 0.6 is 0 Å². The summed E-state index contributed by atoms with van der Waals surface area (Å²) in [5, 5.41) is 0. The molecule has 0 bridgehead atoms. The zero-order valence-electron chi connectivity index (χ0n) is 19.9.